The molecule has 2 bridgehead atoms. The molecule has 3 unspecified atom stereocenters. The summed E-state index contributed by atoms with van der Waals surface area (Å²) >= 11 is 0. The van der Waals surface area contributed by atoms with Crippen LogP contribution in [0.25, 0.3) is 0 Å². The fourth-order valence-corrected chi connectivity index (χ4v) is 2.55. The number of pyridine rings is 1. The van der Waals surface area contributed by atoms with E-state index in [-0.39, 0.29) is 29.9 Å². The quantitative estimate of drug-likeness (QED) is 0.827. The number of hydrogen-bond acceptors (Lipinski definition) is 4. The molecule has 0 amide bonds. The van der Waals surface area contributed by atoms with Crippen LogP contribution < -0.4 is 11.1 Å². The molecule has 4 nitrogen and oxygen atoms in total. The van der Waals surface area contributed by atoms with Crippen molar-refractivity contribution in [3.63, 3.8) is 0 Å². The summed E-state index contributed by atoms with van der Waals surface area (Å²) in [6.45, 7) is 0. The SMILES string of the molecule is Nc1nc(NC2CC3CCC2O3)c(F)cc1F. The third kappa shape index (κ3) is 1.82. The topological polar surface area (TPSA) is 60.2 Å². The minimum absolute atomic E-state index is 0.00468. The number of fused-ring (bicyclic) bond motifs is 2. The van der Waals surface area contributed by atoms with Crippen molar-refractivity contribution in [3.8, 4) is 0 Å². The number of hydrogen-bond donors (Lipinski definition) is 2. The van der Waals surface area contributed by atoms with Crippen LogP contribution >= 0.6 is 0 Å². The minimum atomic E-state index is -0.836. The Morgan fingerprint density at radius 2 is 2.18 bits per heavy atom. The first-order chi connectivity index (χ1) is 8.13. The van der Waals surface area contributed by atoms with Crippen LogP contribution in [0.5, 0.6) is 0 Å². The molecule has 3 heterocycles. The van der Waals surface area contributed by atoms with E-state index in [0.717, 1.165) is 25.3 Å². The summed E-state index contributed by atoms with van der Waals surface area (Å²) in [5.41, 5.74) is 5.32. The molecular weight excluding hydrogens is 228 g/mol. The maximum atomic E-state index is 13.5. The number of nitrogens with zero attached hydrogens (tertiary/aromatic N) is 1. The lowest BCUT2D eigenvalue weighted by atomic mass is 9.95. The smallest absolute Gasteiger partial charge is 0.168 e. The van der Waals surface area contributed by atoms with Gasteiger partial charge in [-0.2, -0.15) is 0 Å². The molecule has 3 atom stereocenters. The molecule has 1 aromatic heterocycles. The van der Waals surface area contributed by atoms with Crippen LogP contribution in [0, 0.1) is 11.6 Å². The molecule has 0 saturated carbocycles. The van der Waals surface area contributed by atoms with Gasteiger partial charge in [-0.25, -0.2) is 13.8 Å². The van der Waals surface area contributed by atoms with Gasteiger partial charge in [0.1, 0.15) is 0 Å². The van der Waals surface area contributed by atoms with Gasteiger partial charge in [0.2, 0.25) is 0 Å². The van der Waals surface area contributed by atoms with Crippen LogP contribution in [-0.2, 0) is 4.74 Å². The molecule has 0 aliphatic carbocycles. The second-order valence-electron chi connectivity index (χ2n) is 4.55. The number of nitrogens with one attached hydrogen (secondary N) is 1. The number of halogens is 2. The fraction of sp³-hybridized carbons (Fsp3) is 0.545. The van der Waals surface area contributed by atoms with E-state index >= 15 is 0 Å². The van der Waals surface area contributed by atoms with Crippen LogP contribution in [0.4, 0.5) is 20.4 Å². The first kappa shape index (κ1) is 10.7. The van der Waals surface area contributed by atoms with Gasteiger partial charge in [0.25, 0.3) is 0 Å². The van der Waals surface area contributed by atoms with Gasteiger partial charge in [-0.1, -0.05) is 0 Å². The second-order valence-corrected chi connectivity index (χ2v) is 4.55. The van der Waals surface area contributed by atoms with Gasteiger partial charge in [-0.05, 0) is 19.3 Å². The Balaban J connectivity index is 1.79. The molecule has 2 saturated heterocycles. The standard InChI is InChI=1S/C11H13F2N3O/c12-6-4-7(13)11(16-10(6)14)15-8-3-5-1-2-9(8)17-5/h4-5,8-9H,1-3H2,(H3,14,15,16). The summed E-state index contributed by atoms with van der Waals surface area (Å²) in [5, 5.41) is 2.95. The predicted molar refractivity (Wildman–Crippen MR) is 58.5 cm³/mol. The van der Waals surface area contributed by atoms with Crippen molar-refractivity contribution in [2.75, 3.05) is 11.1 Å². The first-order valence-corrected chi connectivity index (χ1v) is 5.67. The van der Waals surface area contributed by atoms with Gasteiger partial charge in [0.15, 0.2) is 23.3 Å². The van der Waals surface area contributed by atoms with Crippen molar-refractivity contribution in [3.05, 3.63) is 17.7 Å². The highest BCUT2D eigenvalue weighted by atomic mass is 19.1. The average Bonchev–Trinajstić information content (AvgIpc) is 2.87. The molecular formula is C11H13F2N3O. The van der Waals surface area contributed by atoms with Crippen LogP contribution in [-0.4, -0.2) is 23.2 Å². The lowest BCUT2D eigenvalue weighted by molar-refractivity contribution is 0.102. The van der Waals surface area contributed by atoms with E-state index < -0.39 is 11.6 Å². The minimum Gasteiger partial charge on any atom is -0.381 e. The van der Waals surface area contributed by atoms with Gasteiger partial charge in [-0.15, -0.1) is 0 Å². The maximum absolute atomic E-state index is 13.5. The summed E-state index contributed by atoms with van der Waals surface area (Å²) in [4.78, 5) is 3.68. The van der Waals surface area contributed by atoms with Gasteiger partial charge >= 0.3 is 0 Å². The molecule has 6 heteroatoms. The van der Waals surface area contributed by atoms with Crippen molar-refractivity contribution in [1.29, 1.82) is 0 Å². The van der Waals surface area contributed by atoms with Crippen molar-refractivity contribution in [2.45, 2.75) is 37.5 Å². The normalized spacial score (nSPS) is 30.8. The van der Waals surface area contributed by atoms with Crippen LogP contribution in [0.2, 0.25) is 0 Å². The Kier molecular flexibility index (Phi) is 2.39. The monoisotopic (exact) mass is 241 g/mol. The van der Waals surface area contributed by atoms with Gasteiger partial charge in [-0.3, -0.25) is 0 Å². The van der Waals surface area contributed by atoms with Gasteiger partial charge < -0.3 is 15.8 Å². The van der Waals surface area contributed by atoms with Crippen molar-refractivity contribution in [2.24, 2.45) is 0 Å². The molecule has 0 radical (unpaired) electrons. The highest BCUT2D eigenvalue weighted by molar-refractivity contribution is 5.46. The molecule has 2 aliphatic rings. The molecule has 17 heavy (non-hydrogen) atoms. The van der Waals surface area contributed by atoms with Gasteiger partial charge in [0, 0.05) is 6.07 Å². The van der Waals surface area contributed by atoms with E-state index in [2.05, 4.69) is 10.3 Å². The van der Waals surface area contributed by atoms with E-state index in [9.17, 15) is 8.78 Å². The van der Waals surface area contributed by atoms with Crippen LogP contribution in [0.15, 0.2) is 6.07 Å². The van der Waals surface area contributed by atoms with Crippen molar-refractivity contribution >= 4 is 11.6 Å². The summed E-state index contributed by atoms with van der Waals surface area (Å²) in [6.07, 6.45) is 3.24. The van der Waals surface area contributed by atoms with E-state index in [1.54, 1.807) is 0 Å². The van der Waals surface area contributed by atoms with Crippen molar-refractivity contribution < 1.29 is 13.5 Å². The first-order valence-electron chi connectivity index (χ1n) is 5.67. The summed E-state index contributed by atoms with van der Waals surface area (Å²) < 4.78 is 32.0. The zero-order valence-corrected chi connectivity index (χ0v) is 9.12. The number of nitrogens with two attached hydrogens (primary N) is 1. The number of aromatic nitrogens is 1. The second kappa shape index (κ2) is 3.80. The van der Waals surface area contributed by atoms with Crippen LogP contribution in [0.1, 0.15) is 19.3 Å². The lowest BCUT2D eigenvalue weighted by Gasteiger charge is -2.20. The summed E-state index contributed by atoms with van der Waals surface area (Å²) in [6, 6.07) is 0.791. The Hall–Kier alpha value is -1.43. The molecule has 0 aromatic carbocycles. The molecule has 1 aromatic rings. The molecule has 3 N–H and O–H groups in total. The summed E-state index contributed by atoms with van der Waals surface area (Å²) in [5.74, 6) is -1.85. The fourth-order valence-electron chi connectivity index (χ4n) is 2.55. The third-order valence-corrected chi connectivity index (χ3v) is 3.38. The third-order valence-electron chi connectivity index (χ3n) is 3.38. The predicted octanol–water partition coefficient (Wildman–Crippen LogP) is 1.67. The molecule has 2 fully saturated rings. The van der Waals surface area contributed by atoms with Crippen molar-refractivity contribution in [1.82, 2.24) is 4.98 Å². The Bertz CT molecular complexity index is 455. The van der Waals surface area contributed by atoms with Crippen LogP contribution in [0.3, 0.4) is 0 Å². The Morgan fingerprint density at radius 1 is 1.35 bits per heavy atom. The van der Waals surface area contributed by atoms with E-state index in [1.165, 1.54) is 0 Å². The highest BCUT2D eigenvalue weighted by Crippen LogP contribution is 2.36. The number of ether oxygens (including phenoxy) is 1. The number of nitrogen functional groups attached to an aromatic ring is 1. The largest absolute Gasteiger partial charge is 0.381 e. The summed E-state index contributed by atoms with van der Waals surface area (Å²) in [7, 11) is 0. The molecule has 92 valence electrons. The zero-order chi connectivity index (χ0) is 12.0. The number of rotatable bonds is 2. The Morgan fingerprint density at radius 3 is 2.82 bits per heavy atom. The molecule has 3 rings (SSSR count). The van der Waals surface area contributed by atoms with E-state index in [0.29, 0.717) is 0 Å². The number of anilines is 2. The average molecular weight is 241 g/mol. The Labute approximate surface area is 97.2 Å². The van der Waals surface area contributed by atoms with Gasteiger partial charge in [0.05, 0.1) is 18.2 Å². The lowest BCUT2D eigenvalue weighted by Crippen LogP contribution is -2.31. The van der Waals surface area contributed by atoms with E-state index in [1.807, 2.05) is 0 Å². The zero-order valence-electron chi connectivity index (χ0n) is 9.12. The maximum Gasteiger partial charge on any atom is 0.168 e. The van der Waals surface area contributed by atoms with E-state index in [4.69, 9.17) is 10.5 Å². The molecule has 0 spiro atoms. The molecule has 2 aliphatic heterocycles. The highest BCUT2D eigenvalue weighted by Gasteiger charge is 2.41.